The molecule has 1 aliphatic rings. The number of benzene rings is 1. The van der Waals surface area contributed by atoms with Gasteiger partial charge in [-0.1, -0.05) is 19.1 Å². The molecule has 1 unspecified atom stereocenters. The Morgan fingerprint density at radius 2 is 1.89 bits per heavy atom. The SMILES string of the molecule is CCCS(=O)(=O)c1ccc(CC(NC)C2CC2)cc1. The number of sulfone groups is 1. The van der Waals surface area contributed by atoms with Gasteiger partial charge >= 0.3 is 0 Å². The Morgan fingerprint density at radius 3 is 2.37 bits per heavy atom. The Balaban J connectivity index is 2.05. The summed E-state index contributed by atoms with van der Waals surface area (Å²) in [5, 5.41) is 3.36. The summed E-state index contributed by atoms with van der Waals surface area (Å²) in [6, 6.07) is 7.93. The van der Waals surface area contributed by atoms with Crippen LogP contribution in [0.5, 0.6) is 0 Å². The molecule has 1 fully saturated rings. The van der Waals surface area contributed by atoms with E-state index in [1.165, 1.54) is 18.4 Å². The summed E-state index contributed by atoms with van der Waals surface area (Å²) in [5.74, 6) is 1.03. The summed E-state index contributed by atoms with van der Waals surface area (Å²) in [4.78, 5) is 0.450. The molecule has 19 heavy (non-hydrogen) atoms. The van der Waals surface area contributed by atoms with E-state index in [2.05, 4.69) is 5.32 Å². The van der Waals surface area contributed by atoms with Gasteiger partial charge in [-0.05, 0) is 56.3 Å². The quantitative estimate of drug-likeness (QED) is 0.835. The van der Waals surface area contributed by atoms with Crippen LogP contribution >= 0.6 is 0 Å². The Kier molecular flexibility index (Phi) is 4.63. The lowest BCUT2D eigenvalue weighted by Gasteiger charge is -2.15. The van der Waals surface area contributed by atoms with E-state index in [0.29, 0.717) is 17.4 Å². The summed E-state index contributed by atoms with van der Waals surface area (Å²) < 4.78 is 23.9. The number of likely N-dealkylation sites (N-methyl/N-ethyl adjacent to an activating group) is 1. The molecule has 0 radical (unpaired) electrons. The van der Waals surface area contributed by atoms with Crippen LogP contribution in [0.2, 0.25) is 0 Å². The lowest BCUT2D eigenvalue weighted by Crippen LogP contribution is -2.29. The molecule has 0 amide bonds. The molecule has 1 aromatic rings. The fourth-order valence-electron chi connectivity index (χ4n) is 2.48. The largest absolute Gasteiger partial charge is 0.316 e. The molecule has 3 nitrogen and oxygen atoms in total. The zero-order valence-electron chi connectivity index (χ0n) is 11.7. The van der Waals surface area contributed by atoms with Crippen LogP contribution in [0.15, 0.2) is 29.2 Å². The standard InChI is InChI=1S/C15H23NO2S/c1-3-10-19(17,18)14-8-4-12(5-9-14)11-15(16-2)13-6-7-13/h4-5,8-9,13,15-16H,3,6-7,10-11H2,1-2H3. The minimum atomic E-state index is -3.08. The van der Waals surface area contributed by atoms with Crippen molar-refractivity contribution in [3.05, 3.63) is 29.8 Å². The molecule has 1 aromatic carbocycles. The minimum absolute atomic E-state index is 0.230. The van der Waals surface area contributed by atoms with E-state index >= 15 is 0 Å². The highest BCUT2D eigenvalue weighted by Gasteiger charge is 2.29. The van der Waals surface area contributed by atoms with Gasteiger partial charge in [0.1, 0.15) is 0 Å². The molecule has 1 saturated carbocycles. The molecule has 0 saturated heterocycles. The lowest BCUT2D eigenvalue weighted by atomic mass is 10.0. The van der Waals surface area contributed by atoms with Crippen LogP contribution in [0, 0.1) is 5.92 Å². The van der Waals surface area contributed by atoms with Crippen LogP contribution < -0.4 is 5.32 Å². The maximum absolute atomic E-state index is 11.9. The van der Waals surface area contributed by atoms with Crippen molar-refractivity contribution in [3.63, 3.8) is 0 Å². The smallest absolute Gasteiger partial charge is 0.178 e. The van der Waals surface area contributed by atoms with Gasteiger partial charge in [0, 0.05) is 6.04 Å². The van der Waals surface area contributed by atoms with Crippen molar-refractivity contribution < 1.29 is 8.42 Å². The average Bonchev–Trinajstić information content (AvgIpc) is 3.21. The monoisotopic (exact) mass is 281 g/mol. The van der Waals surface area contributed by atoms with Crippen molar-refractivity contribution in [3.8, 4) is 0 Å². The van der Waals surface area contributed by atoms with Crippen molar-refractivity contribution in [1.82, 2.24) is 5.32 Å². The first-order valence-corrected chi connectivity index (χ1v) is 8.71. The zero-order valence-corrected chi connectivity index (χ0v) is 12.5. The van der Waals surface area contributed by atoms with Crippen molar-refractivity contribution >= 4 is 9.84 Å². The van der Waals surface area contributed by atoms with Crippen LogP contribution in [-0.4, -0.2) is 27.3 Å². The highest BCUT2D eigenvalue weighted by Crippen LogP contribution is 2.34. The van der Waals surface area contributed by atoms with E-state index in [1.807, 2.05) is 26.1 Å². The van der Waals surface area contributed by atoms with Gasteiger partial charge in [-0.3, -0.25) is 0 Å². The van der Waals surface area contributed by atoms with Gasteiger partial charge in [-0.2, -0.15) is 0 Å². The zero-order chi connectivity index (χ0) is 13.9. The Labute approximate surface area is 116 Å². The van der Waals surface area contributed by atoms with E-state index in [9.17, 15) is 8.42 Å². The number of rotatable bonds is 7. The molecule has 0 bridgehead atoms. The molecule has 0 aliphatic heterocycles. The Bertz CT molecular complexity index is 503. The normalized spacial score (nSPS) is 17.4. The Hall–Kier alpha value is -0.870. The summed E-state index contributed by atoms with van der Waals surface area (Å²) >= 11 is 0. The number of nitrogens with one attached hydrogen (secondary N) is 1. The van der Waals surface area contributed by atoms with Crippen LogP contribution in [0.25, 0.3) is 0 Å². The molecule has 4 heteroatoms. The average molecular weight is 281 g/mol. The first-order chi connectivity index (χ1) is 9.06. The van der Waals surface area contributed by atoms with E-state index in [1.54, 1.807) is 12.1 Å². The van der Waals surface area contributed by atoms with Crippen molar-refractivity contribution in [2.75, 3.05) is 12.8 Å². The minimum Gasteiger partial charge on any atom is -0.316 e. The highest BCUT2D eigenvalue weighted by atomic mass is 32.2. The van der Waals surface area contributed by atoms with E-state index in [-0.39, 0.29) is 5.75 Å². The van der Waals surface area contributed by atoms with Gasteiger partial charge in [0.2, 0.25) is 0 Å². The summed E-state index contributed by atoms with van der Waals surface area (Å²) in [6.07, 6.45) is 4.27. The predicted molar refractivity (Wildman–Crippen MR) is 78.1 cm³/mol. The number of hydrogen-bond acceptors (Lipinski definition) is 3. The second-order valence-electron chi connectivity index (χ2n) is 5.40. The van der Waals surface area contributed by atoms with Gasteiger partial charge in [-0.15, -0.1) is 0 Å². The molecule has 1 aliphatic carbocycles. The van der Waals surface area contributed by atoms with Crippen LogP contribution in [0.4, 0.5) is 0 Å². The third kappa shape index (κ3) is 3.80. The molecule has 0 spiro atoms. The first kappa shape index (κ1) is 14.5. The maximum atomic E-state index is 11.9. The van der Waals surface area contributed by atoms with Crippen molar-refractivity contribution in [2.45, 2.75) is 43.5 Å². The van der Waals surface area contributed by atoms with Crippen LogP contribution in [0.3, 0.4) is 0 Å². The van der Waals surface area contributed by atoms with Gasteiger partial charge < -0.3 is 5.32 Å². The maximum Gasteiger partial charge on any atom is 0.178 e. The number of hydrogen-bond donors (Lipinski definition) is 1. The highest BCUT2D eigenvalue weighted by molar-refractivity contribution is 7.91. The van der Waals surface area contributed by atoms with Gasteiger partial charge in [0.15, 0.2) is 9.84 Å². The molecule has 1 atom stereocenters. The van der Waals surface area contributed by atoms with Crippen LogP contribution in [0.1, 0.15) is 31.7 Å². The molecule has 106 valence electrons. The van der Waals surface area contributed by atoms with Gasteiger partial charge in [0.05, 0.1) is 10.6 Å². The molecule has 2 rings (SSSR count). The second-order valence-corrected chi connectivity index (χ2v) is 7.51. The summed E-state index contributed by atoms with van der Waals surface area (Å²) in [7, 11) is -1.08. The Morgan fingerprint density at radius 1 is 1.26 bits per heavy atom. The fourth-order valence-corrected chi connectivity index (χ4v) is 3.80. The summed E-state index contributed by atoms with van der Waals surface area (Å²) in [6.45, 7) is 1.89. The molecule has 0 aromatic heterocycles. The topological polar surface area (TPSA) is 46.2 Å². The molecule has 0 heterocycles. The molecular formula is C15H23NO2S. The fraction of sp³-hybridized carbons (Fsp3) is 0.600. The third-order valence-electron chi connectivity index (χ3n) is 3.77. The molecule has 1 N–H and O–H groups in total. The second kappa shape index (κ2) is 6.06. The first-order valence-electron chi connectivity index (χ1n) is 7.05. The van der Waals surface area contributed by atoms with E-state index in [0.717, 1.165) is 12.3 Å². The summed E-state index contributed by atoms with van der Waals surface area (Å²) in [5.41, 5.74) is 1.21. The predicted octanol–water partition coefficient (Wildman–Crippen LogP) is 2.41. The van der Waals surface area contributed by atoms with Crippen molar-refractivity contribution in [2.24, 2.45) is 5.92 Å². The lowest BCUT2D eigenvalue weighted by molar-refractivity contribution is 0.500. The van der Waals surface area contributed by atoms with E-state index < -0.39 is 9.84 Å². The molecular weight excluding hydrogens is 258 g/mol. The van der Waals surface area contributed by atoms with Crippen molar-refractivity contribution in [1.29, 1.82) is 0 Å². The van der Waals surface area contributed by atoms with Gasteiger partial charge in [0.25, 0.3) is 0 Å². The van der Waals surface area contributed by atoms with Gasteiger partial charge in [-0.25, -0.2) is 8.42 Å². The van der Waals surface area contributed by atoms with Crippen LogP contribution in [-0.2, 0) is 16.3 Å². The third-order valence-corrected chi connectivity index (χ3v) is 5.71. The van der Waals surface area contributed by atoms with E-state index in [4.69, 9.17) is 0 Å².